The number of nitrogens with two attached hydrogens (primary N) is 1. The van der Waals surface area contributed by atoms with Gasteiger partial charge in [-0.15, -0.1) is 0 Å². The smallest absolute Gasteiger partial charge is 0.412 e. The Bertz CT molecular complexity index is 1480. The van der Waals surface area contributed by atoms with Crippen LogP contribution in [0.15, 0.2) is 46.7 Å². The lowest BCUT2D eigenvalue weighted by Crippen LogP contribution is -2.48. The monoisotopic (exact) mass is 756 g/mol. The van der Waals surface area contributed by atoms with Crippen molar-refractivity contribution in [3.8, 4) is 6.01 Å². The summed E-state index contributed by atoms with van der Waals surface area (Å²) in [7, 11) is 1.29. The summed E-state index contributed by atoms with van der Waals surface area (Å²) in [5.41, 5.74) is 3.68. The number of allylic oxidation sites excluding steroid dienone is 6. The van der Waals surface area contributed by atoms with Crippen LogP contribution in [0.3, 0.4) is 0 Å². The number of halogens is 8. The lowest BCUT2D eigenvalue weighted by atomic mass is 10.1. The molecule has 3 saturated heterocycles. The first-order valence-corrected chi connectivity index (χ1v) is 17.4. The maximum atomic E-state index is 15.7. The number of alkyl halides is 4. The molecule has 3 aliphatic heterocycles. The van der Waals surface area contributed by atoms with Crippen LogP contribution in [-0.4, -0.2) is 86.2 Å². The third kappa shape index (κ3) is 14.3. The predicted molar refractivity (Wildman–Crippen MR) is 190 cm³/mol. The summed E-state index contributed by atoms with van der Waals surface area (Å²) >= 11 is 5.85. The maximum Gasteiger partial charge on any atom is 0.412 e. The molecular weight excluding hydrogens is 705 g/mol. The van der Waals surface area contributed by atoms with Gasteiger partial charge in [-0.3, -0.25) is 4.90 Å². The Morgan fingerprint density at radius 3 is 2.24 bits per heavy atom. The van der Waals surface area contributed by atoms with E-state index in [1.807, 2.05) is 18.7 Å². The van der Waals surface area contributed by atoms with Crippen molar-refractivity contribution in [2.24, 2.45) is 5.73 Å². The second-order valence-corrected chi connectivity index (χ2v) is 11.8. The number of anilines is 1. The number of hydrogen-bond acceptors (Lipinski definition) is 8. The minimum absolute atomic E-state index is 0.167. The molecule has 4 rings (SSSR count). The molecule has 3 N–H and O–H groups in total. The minimum Gasteiger partial charge on any atom is -0.498 e. The molecule has 2 unspecified atom stereocenters. The van der Waals surface area contributed by atoms with Crippen LogP contribution < -0.4 is 31.3 Å². The Balaban J connectivity index is 0.000000769. The van der Waals surface area contributed by atoms with Crippen LogP contribution in [0.25, 0.3) is 11.6 Å². The zero-order chi connectivity index (χ0) is 38.9. The number of nitrogens with zero attached hydrogens (tertiary/aromatic N) is 4. The fourth-order valence-corrected chi connectivity index (χ4v) is 5.53. The van der Waals surface area contributed by atoms with Crippen molar-refractivity contribution >= 4 is 29.0 Å². The van der Waals surface area contributed by atoms with E-state index < -0.39 is 52.2 Å². The highest BCUT2D eigenvalue weighted by molar-refractivity contribution is 6.32. The first-order valence-electron chi connectivity index (χ1n) is 17.0. The zero-order valence-corrected chi connectivity index (χ0v) is 31.3. The van der Waals surface area contributed by atoms with Crippen molar-refractivity contribution < 1.29 is 40.2 Å². The highest BCUT2D eigenvalue weighted by atomic mass is 35.5. The van der Waals surface area contributed by atoms with E-state index in [-0.39, 0.29) is 28.9 Å². The lowest BCUT2D eigenvalue weighted by molar-refractivity contribution is -0.0813. The normalized spacial score (nSPS) is 21.0. The van der Waals surface area contributed by atoms with Crippen molar-refractivity contribution in [2.75, 3.05) is 57.9 Å². The number of rotatable bonds is 8. The highest BCUT2D eigenvalue weighted by Gasteiger charge is 2.34. The Kier molecular flexibility index (Phi) is 20.3. The summed E-state index contributed by atoms with van der Waals surface area (Å²) in [6.45, 7) is 19.6. The van der Waals surface area contributed by atoms with Gasteiger partial charge in [0.05, 0.1) is 35.7 Å². The molecule has 1 aromatic rings. The van der Waals surface area contributed by atoms with Gasteiger partial charge >= 0.3 is 12.2 Å². The van der Waals surface area contributed by atoms with E-state index in [4.69, 9.17) is 26.8 Å². The van der Waals surface area contributed by atoms with Gasteiger partial charge in [0.15, 0.2) is 17.5 Å². The fraction of sp³-hybridized carbons (Fsp3) is 0.600. The summed E-state index contributed by atoms with van der Waals surface area (Å²) < 4.78 is 104. The molecule has 0 amide bonds. The van der Waals surface area contributed by atoms with E-state index in [0.717, 1.165) is 19.0 Å². The molecule has 0 aromatic carbocycles. The van der Waals surface area contributed by atoms with Crippen LogP contribution in [0.4, 0.5) is 36.6 Å². The SMILES string of the molecule is C=C(/C=C(Cl)/C(N)=C(F)\C(F)=C\C(F)(F)F)/C(F)=c1/nc(OC)nc(N2CCNCC2)/c1=C(/C)OCC.CC.CCC.FC1CC2CCCN2C1. The summed E-state index contributed by atoms with van der Waals surface area (Å²) in [4.78, 5) is 12.6. The molecule has 0 spiro atoms. The average molecular weight is 757 g/mol. The van der Waals surface area contributed by atoms with Crippen LogP contribution in [0, 0.1) is 0 Å². The van der Waals surface area contributed by atoms with Crippen molar-refractivity contribution in [1.29, 1.82) is 0 Å². The second kappa shape index (κ2) is 22.6. The van der Waals surface area contributed by atoms with Gasteiger partial charge in [-0.1, -0.05) is 52.3 Å². The zero-order valence-electron chi connectivity index (χ0n) is 30.5. The number of aromatic nitrogens is 2. The van der Waals surface area contributed by atoms with E-state index in [2.05, 4.69) is 40.6 Å². The number of ether oxygens (including phenoxy) is 2. The molecule has 3 aliphatic rings. The molecule has 4 heterocycles. The molecule has 8 nitrogen and oxygen atoms in total. The highest BCUT2D eigenvalue weighted by Crippen LogP contribution is 2.29. The quantitative estimate of drug-likeness (QED) is 0.217. The van der Waals surface area contributed by atoms with Gasteiger partial charge in [-0.25, -0.2) is 17.6 Å². The van der Waals surface area contributed by atoms with E-state index in [9.17, 15) is 26.3 Å². The van der Waals surface area contributed by atoms with Crippen LogP contribution in [0.1, 0.15) is 67.2 Å². The molecule has 0 saturated carbocycles. The number of fused-ring (bicyclic) bond motifs is 1. The summed E-state index contributed by atoms with van der Waals surface area (Å²) in [5, 5.41) is 2.31. The van der Waals surface area contributed by atoms with Gasteiger partial charge in [-0.2, -0.15) is 23.1 Å². The van der Waals surface area contributed by atoms with E-state index in [1.165, 1.54) is 26.4 Å². The van der Waals surface area contributed by atoms with Gasteiger partial charge in [-0.05, 0) is 45.7 Å². The van der Waals surface area contributed by atoms with Crippen molar-refractivity contribution in [3.63, 3.8) is 0 Å². The molecule has 0 radical (unpaired) electrons. The van der Waals surface area contributed by atoms with Crippen LogP contribution in [-0.2, 0) is 4.74 Å². The summed E-state index contributed by atoms with van der Waals surface area (Å²) in [5.74, 6) is -4.81. The predicted octanol–water partition coefficient (Wildman–Crippen LogP) is 7.01. The Morgan fingerprint density at radius 2 is 1.71 bits per heavy atom. The second-order valence-electron chi connectivity index (χ2n) is 11.4. The third-order valence-corrected chi connectivity index (χ3v) is 7.74. The van der Waals surface area contributed by atoms with Crippen molar-refractivity contribution in [1.82, 2.24) is 20.2 Å². The van der Waals surface area contributed by atoms with Gasteiger partial charge in [0.1, 0.15) is 23.1 Å². The molecular formula is C35H52ClF7N6O2. The number of hydrogen-bond donors (Lipinski definition) is 2. The van der Waals surface area contributed by atoms with E-state index in [1.54, 1.807) is 13.8 Å². The molecule has 0 aliphatic carbocycles. The number of methoxy groups -OCH3 is 1. The van der Waals surface area contributed by atoms with E-state index in [0.29, 0.717) is 44.6 Å². The third-order valence-electron chi connectivity index (χ3n) is 7.43. The minimum atomic E-state index is -5.14. The number of nitrogens with one attached hydrogen (secondary N) is 1. The van der Waals surface area contributed by atoms with Crippen LogP contribution in [0.2, 0.25) is 0 Å². The standard InChI is InChI=1S/C23H26ClF6N5O2.C7H12FN.C3H8.C2H6/c1-5-37-13(3)16-20(33-22(36-4)34-21(16)35-8-6-32-7-9-35)17(26)12(2)10-14(24)19(31)18(27)15(25)11-23(28,29)30;8-6-4-7-2-1-3-9(7)5-6;1-3-2;1-2/h10-11,32H,2,5-9,31H2,1,3-4H3;6-7H,1-5H2;3H2,1-2H3;1-2H3/b14-10-,15-11-,16-13-,19-18-,20-17-;;;. The topological polar surface area (TPSA) is 88.8 Å². The lowest BCUT2D eigenvalue weighted by Gasteiger charge is -2.29. The number of piperazine rings is 1. The van der Waals surface area contributed by atoms with Crippen LogP contribution in [0.5, 0.6) is 6.01 Å². The summed E-state index contributed by atoms with van der Waals surface area (Å²) in [6, 6.07) is 0.444. The average Bonchev–Trinajstić information content (AvgIpc) is 3.68. The summed E-state index contributed by atoms with van der Waals surface area (Å²) in [6.07, 6.45) is -1.27. The molecule has 0 bridgehead atoms. The van der Waals surface area contributed by atoms with Crippen molar-refractivity contribution in [2.45, 2.75) is 85.6 Å². The van der Waals surface area contributed by atoms with Gasteiger partial charge in [0, 0.05) is 44.3 Å². The largest absolute Gasteiger partial charge is 0.498 e. The van der Waals surface area contributed by atoms with Gasteiger partial charge in [0.25, 0.3) is 0 Å². The fourth-order valence-electron chi connectivity index (χ4n) is 5.31. The van der Waals surface area contributed by atoms with E-state index >= 15 is 4.39 Å². The molecule has 16 heteroatoms. The van der Waals surface area contributed by atoms with Crippen LogP contribution >= 0.6 is 11.6 Å². The van der Waals surface area contributed by atoms with Gasteiger partial charge in [0.2, 0.25) is 0 Å². The molecule has 1 aromatic heterocycles. The Hall–Kier alpha value is -3.30. The Labute approximate surface area is 301 Å². The molecule has 51 heavy (non-hydrogen) atoms. The van der Waals surface area contributed by atoms with Gasteiger partial charge < -0.3 is 25.4 Å². The molecule has 3 fully saturated rings. The van der Waals surface area contributed by atoms with Crippen molar-refractivity contribution in [3.05, 3.63) is 57.3 Å². The Morgan fingerprint density at radius 1 is 1.10 bits per heavy atom. The maximum absolute atomic E-state index is 15.7. The molecule has 290 valence electrons. The first-order chi connectivity index (χ1) is 24.1. The first kappa shape index (κ1) is 45.7. The molecule has 2 atom stereocenters.